The molecule has 1 aromatic heterocycles. The maximum Gasteiger partial charge on any atom is 0.256 e. The van der Waals surface area contributed by atoms with E-state index in [0.29, 0.717) is 11.6 Å². The van der Waals surface area contributed by atoms with Crippen molar-refractivity contribution in [1.29, 1.82) is 0 Å². The van der Waals surface area contributed by atoms with Gasteiger partial charge >= 0.3 is 0 Å². The molecule has 0 bridgehead atoms. The zero-order valence-corrected chi connectivity index (χ0v) is 14.9. The Labute approximate surface area is 156 Å². The Kier molecular flexibility index (Phi) is 5.61. The third-order valence-corrected chi connectivity index (χ3v) is 3.51. The van der Waals surface area contributed by atoms with Crippen LogP contribution in [0.15, 0.2) is 60.7 Å². The van der Waals surface area contributed by atoms with Crippen molar-refractivity contribution in [3.8, 4) is 5.75 Å². The highest BCUT2D eigenvalue weighted by Gasteiger charge is 2.09. The molecule has 27 heavy (non-hydrogen) atoms. The smallest absolute Gasteiger partial charge is 0.256 e. The van der Waals surface area contributed by atoms with Crippen LogP contribution < -0.4 is 15.4 Å². The van der Waals surface area contributed by atoms with Crippen molar-refractivity contribution in [2.75, 3.05) is 10.6 Å². The number of amides is 1. The van der Waals surface area contributed by atoms with E-state index in [2.05, 4.69) is 20.8 Å². The summed E-state index contributed by atoms with van der Waals surface area (Å²) in [6, 6.07) is 16.2. The van der Waals surface area contributed by atoms with Crippen molar-refractivity contribution in [3.05, 3.63) is 72.0 Å². The number of halogens is 1. The molecule has 0 aliphatic rings. The molecule has 2 N–H and O–H groups in total. The first-order valence-corrected chi connectivity index (χ1v) is 8.44. The van der Waals surface area contributed by atoms with E-state index in [4.69, 9.17) is 4.74 Å². The van der Waals surface area contributed by atoms with Gasteiger partial charge in [-0.25, -0.2) is 4.39 Å². The standard InChI is InChI=1S/C20H19FN4O2/c1-13(2)27-17-9-4-3-8-16(17)22-18-10-11-19(25-24-18)23-20(26)14-6-5-7-15(21)12-14/h3-13H,1-2H3,(H,22,24)(H,23,25,26). The van der Waals surface area contributed by atoms with Crippen molar-refractivity contribution in [2.24, 2.45) is 0 Å². The zero-order chi connectivity index (χ0) is 19.2. The van der Waals surface area contributed by atoms with Gasteiger partial charge in [0, 0.05) is 5.56 Å². The van der Waals surface area contributed by atoms with Gasteiger partial charge in [-0.3, -0.25) is 4.79 Å². The predicted molar refractivity (Wildman–Crippen MR) is 102 cm³/mol. The Hall–Kier alpha value is -3.48. The molecule has 3 aromatic rings. The molecule has 2 aromatic carbocycles. The minimum absolute atomic E-state index is 0.0412. The average Bonchev–Trinajstić information content (AvgIpc) is 2.64. The number of nitrogens with zero attached hydrogens (tertiary/aromatic N) is 2. The molecule has 0 fully saturated rings. The summed E-state index contributed by atoms with van der Waals surface area (Å²) < 4.78 is 19.0. The van der Waals surface area contributed by atoms with Crippen LogP contribution in [0, 0.1) is 5.82 Å². The molecule has 0 spiro atoms. The molecule has 6 nitrogen and oxygen atoms in total. The van der Waals surface area contributed by atoms with Crippen molar-refractivity contribution < 1.29 is 13.9 Å². The van der Waals surface area contributed by atoms with Crippen molar-refractivity contribution in [1.82, 2.24) is 10.2 Å². The maximum absolute atomic E-state index is 13.2. The van der Waals surface area contributed by atoms with Crippen LogP contribution in [-0.4, -0.2) is 22.2 Å². The van der Waals surface area contributed by atoms with E-state index in [0.717, 1.165) is 11.8 Å². The molecule has 1 heterocycles. The van der Waals surface area contributed by atoms with Crippen LogP contribution in [0.4, 0.5) is 21.7 Å². The second-order valence-electron chi connectivity index (χ2n) is 6.06. The summed E-state index contributed by atoms with van der Waals surface area (Å²) in [5.41, 5.74) is 0.968. The molecular weight excluding hydrogens is 347 g/mol. The van der Waals surface area contributed by atoms with Gasteiger partial charge in [0.1, 0.15) is 11.6 Å². The lowest BCUT2D eigenvalue weighted by Crippen LogP contribution is -2.13. The van der Waals surface area contributed by atoms with Gasteiger partial charge in [0.2, 0.25) is 0 Å². The van der Waals surface area contributed by atoms with Crippen molar-refractivity contribution >= 4 is 23.2 Å². The SMILES string of the molecule is CC(C)Oc1ccccc1Nc1ccc(NC(=O)c2cccc(F)c2)nn1. The van der Waals surface area contributed by atoms with Crippen LogP contribution >= 0.6 is 0 Å². The lowest BCUT2D eigenvalue weighted by Gasteiger charge is -2.15. The van der Waals surface area contributed by atoms with Crippen LogP contribution in [0.5, 0.6) is 5.75 Å². The van der Waals surface area contributed by atoms with Crippen molar-refractivity contribution in [3.63, 3.8) is 0 Å². The van der Waals surface area contributed by atoms with Gasteiger partial charge < -0.3 is 15.4 Å². The Balaban J connectivity index is 1.68. The number of aromatic nitrogens is 2. The lowest BCUT2D eigenvalue weighted by atomic mass is 10.2. The number of carbonyl (C=O) groups excluding carboxylic acids is 1. The molecule has 0 unspecified atom stereocenters. The molecule has 3 rings (SSSR count). The second kappa shape index (κ2) is 8.27. The normalized spacial score (nSPS) is 10.5. The minimum atomic E-state index is -0.476. The van der Waals surface area contributed by atoms with Crippen LogP contribution in [0.2, 0.25) is 0 Å². The summed E-state index contributed by atoms with van der Waals surface area (Å²) in [6.07, 6.45) is 0.0412. The fourth-order valence-corrected chi connectivity index (χ4v) is 2.35. The van der Waals surface area contributed by atoms with E-state index in [1.54, 1.807) is 12.1 Å². The summed E-state index contributed by atoms with van der Waals surface area (Å²) in [6.45, 7) is 3.90. The number of rotatable bonds is 6. The predicted octanol–water partition coefficient (Wildman–Crippen LogP) is 4.40. The van der Waals surface area contributed by atoms with E-state index >= 15 is 0 Å². The van der Waals surface area contributed by atoms with E-state index in [1.165, 1.54) is 18.2 Å². The number of ether oxygens (including phenoxy) is 1. The van der Waals surface area contributed by atoms with Crippen LogP contribution in [0.25, 0.3) is 0 Å². The van der Waals surface area contributed by atoms with E-state index in [9.17, 15) is 9.18 Å². The third kappa shape index (κ3) is 5.01. The first kappa shape index (κ1) is 18.3. The Morgan fingerprint density at radius 1 is 1.00 bits per heavy atom. The van der Waals surface area contributed by atoms with Gasteiger partial charge in [0.25, 0.3) is 5.91 Å². The summed E-state index contributed by atoms with van der Waals surface area (Å²) in [5.74, 6) is 0.536. The molecule has 7 heteroatoms. The van der Waals surface area contributed by atoms with Crippen molar-refractivity contribution in [2.45, 2.75) is 20.0 Å². The highest BCUT2D eigenvalue weighted by Crippen LogP contribution is 2.27. The van der Waals surface area contributed by atoms with Gasteiger partial charge in [-0.05, 0) is 56.3 Å². The largest absolute Gasteiger partial charge is 0.489 e. The number of hydrogen-bond donors (Lipinski definition) is 2. The zero-order valence-electron chi connectivity index (χ0n) is 14.9. The summed E-state index contributed by atoms with van der Waals surface area (Å²) in [7, 11) is 0. The molecule has 0 saturated heterocycles. The Bertz CT molecular complexity index is 929. The molecule has 0 saturated carbocycles. The highest BCUT2D eigenvalue weighted by molar-refractivity contribution is 6.03. The van der Waals surface area contributed by atoms with Gasteiger partial charge in [-0.15, -0.1) is 10.2 Å². The summed E-state index contributed by atoms with van der Waals surface area (Å²) in [4.78, 5) is 12.1. The first-order chi connectivity index (χ1) is 13.0. The van der Waals surface area contributed by atoms with E-state index < -0.39 is 11.7 Å². The second-order valence-corrected chi connectivity index (χ2v) is 6.06. The Morgan fingerprint density at radius 3 is 2.44 bits per heavy atom. The monoisotopic (exact) mass is 366 g/mol. The maximum atomic E-state index is 13.2. The number of nitrogens with one attached hydrogen (secondary N) is 2. The molecule has 138 valence electrons. The topological polar surface area (TPSA) is 76.1 Å². The fourth-order valence-electron chi connectivity index (χ4n) is 2.35. The number of hydrogen-bond acceptors (Lipinski definition) is 5. The minimum Gasteiger partial charge on any atom is -0.489 e. The number of para-hydroxylation sites is 2. The Morgan fingerprint density at radius 2 is 1.74 bits per heavy atom. The first-order valence-electron chi connectivity index (χ1n) is 8.44. The number of anilines is 3. The summed E-state index contributed by atoms with van der Waals surface area (Å²) >= 11 is 0. The molecular formula is C20H19FN4O2. The third-order valence-electron chi connectivity index (χ3n) is 3.51. The van der Waals surface area contributed by atoms with Crippen LogP contribution in [0.1, 0.15) is 24.2 Å². The van der Waals surface area contributed by atoms with E-state index in [-0.39, 0.29) is 17.5 Å². The van der Waals surface area contributed by atoms with Gasteiger partial charge in [0.15, 0.2) is 11.6 Å². The van der Waals surface area contributed by atoms with Gasteiger partial charge in [0.05, 0.1) is 11.8 Å². The molecule has 0 atom stereocenters. The molecule has 1 amide bonds. The van der Waals surface area contributed by atoms with Crippen LogP contribution in [0.3, 0.4) is 0 Å². The van der Waals surface area contributed by atoms with Gasteiger partial charge in [-0.2, -0.15) is 0 Å². The average molecular weight is 366 g/mol. The quantitative estimate of drug-likeness (QED) is 0.676. The van der Waals surface area contributed by atoms with Crippen LogP contribution in [-0.2, 0) is 0 Å². The number of benzene rings is 2. The summed E-state index contributed by atoms with van der Waals surface area (Å²) in [5, 5.41) is 13.7. The molecule has 0 aliphatic carbocycles. The number of carbonyl (C=O) groups is 1. The molecule has 0 aliphatic heterocycles. The van der Waals surface area contributed by atoms with Gasteiger partial charge in [-0.1, -0.05) is 18.2 Å². The molecule has 0 radical (unpaired) electrons. The lowest BCUT2D eigenvalue weighted by molar-refractivity contribution is 0.102. The van der Waals surface area contributed by atoms with E-state index in [1.807, 2.05) is 38.1 Å². The highest BCUT2D eigenvalue weighted by atomic mass is 19.1. The fraction of sp³-hybridized carbons (Fsp3) is 0.150.